The lowest BCUT2D eigenvalue weighted by molar-refractivity contribution is 0.213. The van der Waals surface area contributed by atoms with Crippen LogP contribution in [0, 0.1) is 0 Å². The largest absolute Gasteiger partial charge is 0.361 e. The predicted molar refractivity (Wildman–Crippen MR) is 66.2 cm³/mol. The lowest BCUT2D eigenvalue weighted by Crippen LogP contribution is -2.11. The van der Waals surface area contributed by atoms with Crippen LogP contribution < -0.4 is 5.30 Å². The second-order valence-corrected chi connectivity index (χ2v) is 5.53. The van der Waals surface area contributed by atoms with Crippen molar-refractivity contribution in [3.05, 3.63) is 30.3 Å². The Bertz CT molecular complexity index is 325. The first-order valence-corrected chi connectivity index (χ1v) is 7.22. The zero-order valence-electron chi connectivity index (χ0n) is 9.89. The summed E-state index contributed by atoms with van der Waals surface area (Å²) in [6.45, 7) is 4.87. The molecule has 0 aliphatic heterocycles. The van der Waals surface area contributed by atoms with Gasteiger partial charge >= 0.3 is 7.60 Å². The molecular formula is C12H19O3P. The molecule has 0 saturated heterocycles. The van der Waals surface area contributed by atoms with Gasteiger partial charge in [0.1, 0.15) is 0 Å². The molecular weight excluding hydrogens is 223 g/mol. The Labute approximate surface area is 97.3 Å². The Morgan fingerprint density at radius 1 is 1.00 bits per heavy atom. The monoisotopic (exact) mass is 242 g/mol. The summed E-state index contributed by atoms with van der Waals surface area (Å²) >= 11 is 0. The Morgan fingerprint density at radius 2 is 1.50 bits per heavy atom. The van der Waals surface area contributed by atoms with Crippen LogP contribution in [-0.4, -0.2) is 13.2 Å². The van der Waals surface area contributed by atoms with E-state index in [9.17, 15) is 4.57 Å². The van der Waals surface area contributed by atoms with Crippen molar-refractivity contribution >= 4 is 12.9 Å². The maximum atomic E-state index is 12.5. The van der Waals surface area contributed by atoms with Crippen LogP contribution in [0.4, 0.5) is 0 Å². The average Bonchev–Trinajstić information content (AvgIpc) is 2.35. The van der Waals surface area contributed by atoms with Crippen molar-refractivity contribution in [1.82, 2.24) is 0 Å². The van der Waals surface area contributed by atoms with Crippen LogP contribution in [-0.2, 0) is 13.6 Å². The number of hydrogen-bond donors (Lipinski definition) is 0. The topological polar surface area (TPSA) is 35.5 Å². The minimum absolute atomic E-state index is 0.454. The fraction of sp³-hybridized carbons (Fsp3) is 0.500. The van der Waals surface area contributed by atoms with Crippen molar-refractivity contribution in [3.63, 3.8) is 0 Å². The van der Waals surface area contributed by atoms with Gasteiger partial charge in [0.05, 0.1) is 18.5 Å². The van der Waals surface area contributed by atoms with Gasteiger partial charge in [-0.3, -0.25) is 4.57 Å². The molecule has 0 spiro atoms. The third kappa shape index (κ3) is 3.75. The van der Waals surface area contributed by atoms with E-state index in [0.29, 0.717) is 18.5 Å². The highest BCUT2D eigenvalue weighted by Crippen LogP contribution is 2.47. The second kappa shape index (κ2) is 6.85. The van der Waals surface area contributed by atoms with Crippen LogP contribution in [0.15, 0.2) is 30.3 Å². The third-order valence-corrected chi connectivity index (χ3v) is 3.98. The number of benzene rings is 1. The molecule has 0 saturated carbocycles. The summed E-state index contributed by atoms with van der Waals surface area (Å²) in [7, 11) is -3.10. The molecule has 0 aromatic heterocycles. The van der Waals surface area contributed by atoms with E-state index in [1.807, 2.05) is 32.0 Å². The molecule has 90 valence electrons. The van der Waals surface area contributed by atoms with E-state index in [0.717, 1.165) is 12.8 Å². The van der Waals surface area contributed by atoms with Crippen LogP contribution in [0.25, 0.3) is 0 Å². The highest BCUT2D eigenvalue weighted by Gasteiger charge is 2.26. The summed E-state index contributed by atoms with van der Waals surface area (Å²) in [5.41, 5.74) is 0. The third-order valence-electron chi connectivity index (χ3n) is 2.00. The van der Waals surface area contributed by atoms with Crippen molar-refractivity contribution < 1.29 is 13.6 Å². The molecule has 1 rings (SSSR count). The molecule has 3 nitrogen and oxygen atoms in total. The standard InChI is InChI=1S/C12H19O3P/c1-3-10-14-16(13,15-11-4-2)12-8-6-5-7-9-12/h5-9H,3-4,10-11H2,1-2H3. The van der Waals surface area contributed by atoms with E-state index in [1.54, 1.807) is 12.1 Å². The predicted octanol–water partition coefficient (Wildman–Crippen LogP) is 3.36. The summed E-state index contributed by atoms with van der Waals surface area (Å²) in [4.78, 5) is 0. The lowest BCUT2D eigenvalue weighted by Gasteiger charge is -2.18. The van der Waals surface area contributed by atoms with Gasteiger partial charge in [-0.1, -0.05) is 32.0 Å². The highest BCUT2D eigenvalue weighted by molar-refractivity contribution is 7.62. The zero-order chi connectivity index (χ0) is 11.9. The first kappa shape index (κ1) is 13.4. The average molecular weight is 242 g/mol. The summed E-state index contributed by atoms with van der Waals surface area (Å²) in [5.74, 6) is 0. The van der Waals surface area contributed by atoms with E-state index >= 15 is 0 Å². The molecule has 0 atom stereocenters. The SMILES string of the molecule is CCCOP(=O)(OCCC)c1ccccc1. The molecule has 1 aromatic carbocycles. The smallest absolute Gasteiger partial charge is 0.305 e. The van der Waals surface area contributed by atoms with E-state index < -0.39 is 7.60 Å². The van der Waals surface area contributed by atoms with Crippen molar-refractivity contribution in [2.24, 2.45) is 0 Å². The lowest BCUT2D eigenvalue weighted by atomic mass is 10.4. The van der Waals surface area contributed by atoms with Crippen LogP contribution in [0.2, 0.25) is 0 Å². The van der Waals surface area contributed by atoms with Crippen LogP contribution in [0.1, 0.15) is 26.7 Å². The summed E-state index contributed by atoms with van der Waals surface area (Å²) in [6.07, 6.45) is 1.65. The molecule has 16 heavy (non-hydrogen) atoms. The Morgan fingerprint density at radius 3 is 1.94 bits per heavy atom. The molecule has 0 amide bonds. The molecule has 0 heterocycles. The molecule has 0 bridgehead atoms. The van der Waals surface area contributed by atoms with Gasteiger partial charge in [-0.2, -0.15) is 0 Å². The second-order valence-electron chi connectivity index (χ2n) is 3.50. The van der Waals surface area contributed by atoms with Gasteiger partial charge in [0.25, 0.3) is 0 Å². The summed E-state index contributed by atoms with van der Waals surface area (Å²) < 4.78 is 23.3. The minimum atomic E-state index is -3.10. The van der Waals surface area contributed by atoms with Gasteiger partial charge < -0.3 is 9.05 Å². The van der Waals surface area contributed by atoms with Gasteiger partial charge in [0, 0.05) is 0 Å². The van der Waals surface area contributed by atoms with E-state index in [-0.39, 0.29) is 0 Å². The first-order valence-electron chi connectivity index (χ1n) is 5.67. The van der Waals surface area contributed by atoms with Gasteiger partial charge in [-0.25, -0.2) is 0 Å². The maximum Gasteiger partial charge on any atom is 0.361 e. The van der Waals surface area contributed by atoms with Crippen molar-refractivity contribution in [2.75, 3.05) is 13.2 Å². The van der Waals surface area contributed by atoms with Gasteiger partial charge in [0.15, 0.2) is 0 Å². The fourth-order valence-corrected chi connectivity index (χ4v) is 2.98. The molecule has 0 aliphatic carbocycles. The van der Waals surface area contributed by atoms with Crippen LogP contribution >= 0.6 is 7.60 Å². The van der Waals surface area contributed by atoms with E-state index in [4.69, 9.17) is 9.05 Å². The highest BCUT2D eigenvalue weighted by atomic mass is 31.2. The van der Waals surface area contributed by atoms with Gasteiger partial charge in [-0.15, -0.1) is 0 Å². The fourth-order valence-electron chi connectivity index (χ4n) is 1.22. The molecule has 0 fully saturated rings. The molecule has 1 aromatic rings. The molecule has 4 heteroatoms. The quantitative estimate of drug-likeness (QED) is 0.688. The normalized spacial score (nSPS) is 11.6. The van der Waals surface area contributed by atoms with Gasteiger partial charge in [-0.05, 0) is 25.0 Å². The number of rotatable bonds is 7. The molecule has 0 aliphatic rings. The summed E-state index contributed by atoms with van der Waals surface area (Å²) in [5, 5.41) is 0.636. The summed E-state index contributed by atoms with van der Waals surface area (Å²) in [6, 6.07) is 9.13. The first-order chi connectivity index (χ1) is 7.73. The zero-order valence-corrected chi connectivity index (χ0v) is 10.8. The Balaban J connectivity index is 2.82. The van der Waals surface area contributed by atoms with E-state index in [1.165, 1.54) is 0 Å². The Kier molecular flexibility index (Phi) is 5.75. The molecule has 0 unspecified atom stereocenters. The minimum Gasteiger partial charge on any atom is -0.305 e. The van der Waals surface area contributed by atoms with Crippen LogP contribution in [0.3, 0.4) is 0 Å². The molecule has 0 radical (unpaired) electrons. The number of hydrogen-bond acceptors (Lipinski definition) is 3. The van der Waals surface area contributed by atoms with E-state index in [2.05, 4.69) is 0 Å². The maximum absolute atomic E-state index is 12.5. The van der Waals surface area contributed by atoms with Crippen molar-refractivity contribution in [1.29, 1.82) is 0 Å². The van der Waals surface area contributed by atoms with Crippen molar-refractivity contribution in [3.8, 4) is 0 Å². The Hall–Kier alpha value is -0.630. The van der Waals surface area contributed by atoms with Gasteiger partial charge in [0.2, 0.25) is 0 Å². The van der Waals surface area contributed by atoms with Crippen molar-refractivity contribution in [2.45, 2.75) is 26.7 Å². The molecule has 0 N–H and O–H groups in total. The van der Waals surface area contributed by atoms with Crippen LogP contribution in [0.5, 0.6) is 0 Å².